The number of amides is 2. The molecule has 2 amide bonds. The zero-order chi connectivity index (χ0) is 27.0. The van der Waals surface area contributed by atoms with Crippen molar-refractivity contribution in [1.29, 1.82) is 0 Å². The molecule has 0 radical (unpaired) electrons. The van der Waals surface area contributed by atoms with Gasteiger partial charge in [0.15, 0.2) is 0 Å². The second-order valence-electron chi connectivity index (χ2n) is 9.62. The number of carbonyl (C=O) groups is 2. The van der Waals surface area contributed by atoms with Crippen molar-refractivity contribution in [1.82, 2.24) is 19.4 Å². The Morgan fingerprint density at radius 3 is 2.28 bits per heavy atom. The van der Waals surface area contributed by atoms with E-state index >= 15 is 0 Å². The molecule has 0 aliphatic carbocycles. The van der Waals surface area contributed by atoms with Crippen LogP contribution in [0.25, 0.3) is 16.9 Å². The van der Waals surface area contributed by atoms with E-state index in [2.05, 4.69) is 10.2 Å². The summed E-state index contributed by atoms with van der Waals surface area (Å²) in [4.78, 5) is 35.4. The maximum absolute atomic E-state index is 13.4. The molecule has 1 fully saturated rings. The summed E-state index contributed by atoms with van der Waals surface area (Å²) in [5.74, 6) is -0.0753. The van der Waals surface area contributed by atoms with Crippen molar-refractivity contribution in [3.05, 3.63) is 102 Å². The SMILES string of the molecule is Cc1ccc(-n2cc(-c3ccccc3)nc2NC(=O)CN(CCN2CCOCC2)C(=O)c2ccccc2)cc1. The summed E-state index contributed by atoms with van der Waals surface area (Å²) in [7, 11) is 0. The lowest BCUT2D eigenvalue weighted by atomic mass is 10.2. The third-order valence-corrected chi connectivity index (χ3v) is 6.77. The van der Waals surface area contributed by atoms with Gasteiger partial charge >= 0.3 is 0 Å². The van der Waals surface area contributed by atoms with Crippen LogP contribution in [0, 0.1) is 6.92 Å². The molecule has 200 valence electrons. The van der Waals surface area contributed by atoms with Crippen molar-refractivity contribution in [2.24, 2.45) is 0 Å². The van der Waals surface area contributed by atoms with Crippen LogP contribution in [0.2, 0.25) is 0 Å². The Kier molecular flexibility index (Phi) is 8.45. The summed E-state index contributed by atoms with van der Waals surface area (Å²) < 4.78 is 7.32. The molecule has 1 N–H and O–H groups in total. The fourth-order valence-electron chi connectivity index (χ4n) is 4.56. The lowest BCUT2D eigenvalue weighted by Gasteiger charge is -2.30. The first-order valence-corrected chi connectivity index (χ1v) is 13.2. The molecule has 1 saturated heterocycles. The van der Waals surface area contributed by atoms with Crippen LogP contribution in [-0.2, 0) is 9.53 Å². The highest BCUT2D eigenvalue weighted by Crippen LogP contribution is 2.24. The predicted molar refractivity (Wildman–Crippen MR) is 152 cm³/mol. The molecule has 2 heterocycles. The van der Waals surface area contributed by atoms with Gasteiger partial charge in [0, 0.05) is 49.2 Å². The van der Waals surface area contributed by atoms with Crippen LogP contribution in [-0.4, -0.2) is 77.1 Å². The fourth-order valence-corrected chi connectivity index (χ4v) is 4.56. The molecule has 4 aromatic rings. The highest BCUT2D eigenvalue weighted by Gasteiger charge is 2.22. The molecule has 1 aliphatic rings. The number of hydrogen-bond acceptors (Lipinski definition) is 5. The third kappa shape index (κ3) is 6.79. The predicted octanol–water partition coefficient (Wildman–Crippen LogP) is 4.26. The van der Waals surface area contributed by atoms with Crippen molar-refractivity contribution in [3.63, 3.8) is 0 Å². The summed E-state index contributed by atoms with van der Waals surface area (Å²) >= 11 is 0. The number of rotatable bonds is 9. The van der Waals surface area contributed by atoms with Crippen molar-refractivity contribution < 1.29 is 14.3 Å². The van der Waals surface area contributed by atoms with Crippen LogP contribution in [0.1, 0.15) is 15.9 Å². The minimum absolute atomic E-state index is 0.0838. The normalized spacial score (nSPS) is 13.7. The molecule has 8 nitrogen and oxygen atoms in total. The Morgan fingerprint density at radius 2 is 1.59 bits per heavy atom. The van der Waals surface area contributed by atoms with E-state index in [9.17, 15) is 9.59 Å². The number of aromatic nitrogens is 2. The number of anilines is 1. The molecular weight excluding hydrogens is 490 g/mol. The minimum Gasteiger partial charge on any atom is -0.379 e. The molecule has 5 rings (SSSR count). The van der Waals surface area contributed by atoms with Crippen LogP contribution >= 0.6 is 0 Å². The van der Waals surface area contributed by atoms with Crippen molar-refractivity contribution >= 4 is 17.8 Å². The topological polar surface area (TPSA) is 79.7 Å². The summed E-state index contributed by atoms with van der Waals surface area (Å²) in [6, 6.07) is 27.0. The standard InChI is InChI=1S/C31H33N5O3/c1-24-12-14-27(15-13-24)36-22-28(25-8-4-2-5-9-25)32-31(36)33-29(37)23-35(17-16-34-18-20-39-21-19-34)30(38)26-10-6-3-7-11-26/h2-15,22H,16-21,23H2,1H3,(H,32,33,37). The fraction of sp³-hybridized carbons (Fsp3) is 0.258. The van der Waals surface area contributed by atoms with Gasteiger partial charge in [-0.1, -0.05) is 66.2 Å². The monoisotopic (exact) mass is 523 g/mol. The van der Waals surface area contributed by atoms with Crippen LogP contribution in [0.4, 0.5) is 5.95 Å². The van der Waals surface area contributed by atoms with E-state index in [1.165, 1.54) is 0 Å². The number of imidazole rings is 1. The largest absolute Gasteiger partial charge is 0.379 e. The quantitative estimate of drug-likeness (QED) is 0.355. The highest BCUT2D eigenvalue weighted by molar-refractivity contribution is 5.99. The molecule has 3 aromatic carbocycles. The zero-order valence-corrected chi connectivity index (χ0v) is 22.1. The summed E-state index contributed by atoms with van der Waals surface area (Å²) in [5, 5.41) is 2.97. The van der Waals surface area contributed by atoms with Gasteiger partial charge in [0.1, 0.15) is 6.54 Å². The number of benzene rings is 3. The second kappa shape index (κ2) is 12.5. The van der Waals surface area contributed by atoms with Gasteiger partial charge in [0.25, 0.3) is 5.91 Å². The van der Waals surface area contributed by atoms with Gasteiger partial charge in [-0.15, -0.1) is 0 Å². The van der Waals surface area contributed by atoms with Gasteiger partial charge in [-0.2, -0.15) is 0 Å². The smallest absolute Gasteiger partial charge is 0.254 e. The number of carbonyl (C=O) groups excluding carboxylic acids is 2. The van der Waals surface area contributed by atoms with Crippen LogP contribution in [0.15, 0.2) is 91.1 Å². The molecule has 1 aliphatic heterocycles. The molecule has 0 bridgehead atoms. The molecule has 0 spiro atoms. The number of nitrogens with zero attached hydrogens (tertiary/aromatic N) is 4. The van der Waals surface area contributed by atoms with Crippen molar-refractivity contribution in [2.45, 2.75) is 6.92 Å². The van der Waals surface area contributed by atoms with E-state index < -0.39 is 0 Å². The Morgan fingerprint density at radius 1 is 0.923 bits per heavy atom. The maximum atomic E-state index is 13.4. The van der Waals surface area contributed by atoms with Crippen LogP contribution < -0.4 is 5.32 Å². The number of aryl methyl sites for hydroxylation is 1. The summed E-state index contributed by atoms with van der Waals surface area (Å²) in [6.45, 7) is 6.04. The molecule has 8 heteroatoms. The van der Waals surface area contributed by atoms with Gasteiger partial charge in [-0.3, -0.25) is 24.4 Å². The number of hydrogen-bond donors (Lipinski definition) is 1. The Labute approximate surface area is 228 Å². The van der Waals surface area contributed by atoms with E-state index in [1.807, 2.05) is 90.5 Å². The van der Waals surface area contributed by atoms with Crippen molar-refractivity contribution in [2.75, 3.05) is 51.3 Å². The molecule has 0 atom stereocenters. The van der Waals surface area contributed by atoms with Crippen LogP contribution in [0.3, 0.4) is 0 Å². The Balaban J connectivity index is 1.37. The van der Waals surface area contributed by atoms with Crippen LogP contribution in [0.5, 0.6) is 0 Å². The maximum Gasteiger partial charge on any atom is 0.254 e. The number of ether oxygens (including phenoxy) is 1. The molecule has 0 saturated carbocycles. The number of nitrogens with one attached hydrogen (secondary N) is 1. The van der Waals surface area contributed by atoms with E-state index in [0.29, 0.717) is 37.8 Å². The van der Waals surface area contributed by atoms with E-state index in [-0.39, 0.29) is 18.4 Å². The highest BCUT2D eigenvalue weighted by atomic mass is 16.5. The minimum atomic E-state index is -0.306. The third-order valence-electron chi connectivity index (χ3n) is 6.77. The summed E-state index contributed by atoms with van der Waals surface area (Å²) in [5.41, 5.74) is 4.28. The number of morpholine rings is 1. The van der Waals surface area contributed by atoms with E-state index in [4.69, 9.17) is 9.72 Å². The lowest BCUT2D eigenvalue weighted by Crippen LogP contribution is -2.45. The van der Waals surface area contributed by atoms with E-state index in [0.717, 1.165) is 35.6 Å². The van der Waals surface area contributed by atoms with Gasteiger partial charge in [0.2, 0.25) is 11.9 Å². The Hall–Kier alpha value is -4.27. The first-order valence-electron chi connectivity index (χ1n) is 13.2. The average Bonchev–Trinajstić information content (AvgIpc) is 3.40. The second-order valence-corrected chi connectivity index (χ2v) is 9.62. The molecule has 0 unspecified atom stereocenters. The van der Waals surface area contributed by atoms with Gasteiger partial charge < -0.3 is 9.64 Å². The van der Waals surface area contributed by atoms with Crippen molar-refractivity contribution in [3.8, 4) is 16.9 Å². The van der Waals surface area contributed by atoms with Gasteiger partial charge in [-0.25, -0.2) is 4.98 Å². The van der Waals surface area contributed by atoms with E-state index in [1.54, 1.807) is 17.0 Å². The van der Waals surface area contributed by atoms with Gasteiger partial charge in [0.05, 0.1) is 18.9 Å². The molecule has 39 heavy (non-hydrogen) atoms. The molecular formula is C31H33N5O3. The average molecular weight is 524 g/mol. The molecule has 1 aromatic heterocycles. The first kappa shape index (κ1) is 26.3. The lowest BCUT2D eigenvalue weighted by molar-refractivity contribution is -0.117. The first-order chi connectivity index (χ1) is 19.1. The zero-order valence-electron chi connectivity index (χ0n) is 22.1. The van der Waals surface area contributed by atoms with Gasteiger partial charge in [-0.05, 0) is 31.2 Å². The summed E-state index contributed by atoms with van der Waals surface area (Å²) in [6.07, 6.45) is 1.92. The Bertz CT molecular complexity index is 1380.